The Morgan fingerprint density at radius 1 is 1.08 bits per heavy atom. The lowest BCUT2D eigenvalue weighted by Gasteiger charge is -2.03. The van der Waals surface area contributed by atoms with Crippen molar-refractivity contribution in [1.29, 1.82) is 0 Å². The molecule has 0 spiro atoms. The molecule has 1 aromatic rings. The SMILES string of the molecule is C=C(CC)Cc1ccc(CC)cc1. The van der Waals surface area contributed by atoms with Crippen LogP contribution >= 0.6 is 0 Å². The second kappa shape index (κ2) is 4.86. The zero-order chi connectivity index (χ0) is 9.68. The lowest BCUT2D eigenvalue weighted by atomic mass is 10.0. The fourth-order valence-corrected chi connectivity index (χ4v) is 1.31. The molecule has 0 heteroatoms. The summed E-state index contributed by atoms with van der Waals surface area (Å²) >= 11 is 0. The van der Waals surface area contributed by atoms with Gasteiger partial charge < -0.3 is 0 Å². The van der Waals surface area contributed by atoms with E-state index in [1.165, 1.54) is 16.7 Å². The summed E-state index contributed by atoms with van der Waals surface area (Å²) in [5.41, 5.74) is 4.10. The van der Waals surface area contributed by atoms with Crippen LogP contribution in [0.4, 0.5) is 0 Å². The van der Waals surface area contributed by atoms with Crippen LogP contribution in [-0.2, 0) is 12.8 Å². The van der Waals surface area contributed by atoms with Crippen LogP contribution in [0.2, 0.25) is 0 Å². The summed E-state index contributed by atoms with van der Waals surface area (Å²) in [7, 11) is 0. The van der Waals surface area contributed by atoms with E-state index in [4.69, 9.17) is 0 Å². The van der Waals surface area contributed by atoms with E-state index in [0.717, 1.165) is 19.3 Å². The molecular formula is C13H18. The Balaban J connectivity index is 2.64. The molecule has 0 aliphatic rings. The number of allylic oxidation sites excluding steroid dienone is 1. The number of benzene rings is 1. The summed E-state index contributed by atoms with van der Waals surface area (Å²) in [6.45, 7) is 8.35. The average molecular weight is 174 g/mol. The first kappa shape index (κ1) is 10.0. The van der Waals surface area contributed by atoms with E-state index in [9.17, 15) is 0 Å². The molecule has 1 rings (SSSR count). The molecule has 0 radical (unpaired) electrons. The van der Waals surface area contributed by atoms with Crippen LogP contribution < -0.4 is 0 Å². The van der Waals surface area contributed by atoms with Crippen LogP contribution in [0.3, 0.4) is 0 Å². The minimum Gasteiger partial charge on any atom is -0.0995 e. The third-order valence-electron chi connectivity index (χ3n) is 2.39. The molecule has 0 bridgehead atoms. The van der Waals surface area contributed by atoms with Crippen molar-refractivity contribution in [2.24, 2.45) is 0 Å². The van der Waals surface area contributed by atoms with E-state index in [2.05, 4.69) is 44.7 Å². The smallest absolute Gasteiger partial charge is 0.00699 e. The zero-order valence-electron chi connectivity index (χ0n) is 8.64. The van der Waals surface area contributed by atoms with Gasteiger partial charge in [-0.25, -0.2) is 0 Å². The van der Waals surface area contributed by atoms with Gasteiger partial charge in [-0.3, -0.25) is 0 Å². The third kappa shape index (κ3) is 3.06. The molecule has 0 saturated carbocycles. The van der Waals surface area contributed by atoms with Gasteiger partial charge in [0.25, 0.3) is 0 Å². The quantitative estimate of drug-likeness (QED) is 0.610. The molecule has 0 saturated heterocycles. The van der Waals surface area contributed by atoms with E-state index >= 15 is 0 Å². The first-order valence-corrected chi connectivity index (χ1v) is 5.00. The topological polar surface area (TPSA) is 0 Å². The zero-order valence-corrected chi connectivity index (χ0v) is 8.64. The van der Waals surface area contributed by atoms with E-state index in [0.29, 0.717) is 0 Å². The molecule has 0 amide bonds. The summed E-state index contributed by atoms with van der Waals surface area (Å²) in [5.74, 6) is 0. The van der Waals surface area contributed by atoms with Crippen molar-refractivity contribution < 1.29 is 0 Å². The summed E-state index contributed by atoms with van der Waals surface area (Å²) in [6.07, 6.45) is 3.23. The Morgan fingerprint density at radius 2 is 1.62 bits per heavy atom. The molecule has 13 heavy (non-hydrogen) atoms. The van der Waals surface area contributed by atoms with Gasteiger partial charge in [-0.1, -0.05) is 50.3 Å². The summed E-state index contributed by atoms with van der Waals surface area (Å²) < 4.78 is 0. The number of hydrogen-bond acceptors (Lipinski definition) is 0. The van der Waals surface area contributed by atoms with Crippen LogP contribution in [0, 0.1) is 0 Å². The number of aryl methyl sites for hydroxylation is 1. The Kier molecular flexibility index (Phi) is 3.75. The van der Waals surface area contributed by atoms with Gasteiger partial charge in [-0.2, -0.15) is 0 Å². The van der Waals surface area contributed by atoms with Gasteiger partial charge >= 0.3 is 0 Å². The Morgan fingerprint density at radius 3 is 2.08 bits per heavy atom. The summed E-state index contributed by atoms with van der Waals surface area (Å²) in [4.78, 5) is 0. The second-order valence-electron chi connectivity index (χ2n) is 3.45. The van der Waals surface area contributed by atoms with Gasteiger partial charge in [0, 0.05) is 0 Å². The highest BCUT2D eigenvalue weighted by Gasteiger charge is 1.95. The normalized spacial score (nSPS) is 10.0. The van der Waals surface area contributed by atoms with Gasteiger partial charge in [0.05, 0.1) is 0 Å². The minimum atomic E-state index is 1.03. The fourth-order valence-electron chi connectivity index (χ4n) is 1.31. The molecule has 0 aliphatic carbocycles. The maximum Gasteiger partial charge on any atom is -0.00699 e. The van der Waals surface area contributed by atoms with Crippen molar-refractivity contribution >= 4 is 0 Å². The Bertz CT molecular complexity index is 267. The molecule has 0 aliphatic heterocycles. The monoisotopic (exact) mass is 174 g/mol. The van der Waals surface area contributed by atoms with E-state index in [1.54, 1.807) is 0 Å². The van der Waals surface area contributed by atoms with Gasteiger partial charge in [0.2, 0.25) is 0 Å². The molecule has 0 fully saturated rings. The van der Waals surface area contributed by atoms with Crippen molar-refractivity contribution in [3.05, 3.63) is 47.5 Å². The highest BCUT2D eigenvalue weighted by Crippen LogP contribution is 2.10. The lowest BCUT2D eigenvalue weighted by molar-refractivity contribution is 1.01. The molecule has 0 heterocycles. The van der Waals surface area contributed by atoms with Gasteiger partial charge in [0.1, 0.15) is 0 Å². The van der Waals surface area contributed by atoms with Gasteiger partial charge in [0.15, 0.2) is 0 Å². The van der Waals surface area contributed by atoms with Gasteiger partial charge in [-0.05, 0) is 30.4 Å². The molecule has 0 N–H and O–H groups in total. The van der Waals surface area contributed by atoms with Crippen LogP contribution in [0.5, 0.6) is 0 Å². The first-order chi connectivity index (χ1) is 6.26. The standard InChI is InChI=1S/C13H18/c1-4-11(3)10-13-8-6-12(5-2)7-9-13/h6-9H,3-5,10H2,1-2H3. The molecule has 0 unspecified atom stereocenters. The van der Waals surface area contributed by atoms with Crippen LogP contribution in [0.25, 0.3) is 0 Å². The maximum absolute atomic E-state index is 4.01. The van der Waals surface area contributed by atoms with E-state index in [-0.39, 0.29) is 0 Å². The fraction of sp³-hybridized carbons (Fsp3) is 0.385. The Hall–Kier alpha value is -1.04. The third-order valence-corrected chi connectivity index (χ3v) is 2.39. The predicted octanol–water partition coefficient (Wildman–Crippen LogP) is 3.76. The molecule has 70 valence electrons. The van der Waals surface area contributed by atoms with Gasteiger partial charge in [-0.15, -0.1) is 0 Å². The predicted molar refractivity (Wildman–Crippen MR) is 59.0 cm³/mol. The van der Waals surface area contributed by atoms with Crippen LogP contribution in [0.15, 0.2) is 36.4 Å². The molecular weight excluding hydrogens is 156 g/mol. The largest absolute Gasteiger partial charge is 0.0995 e. The highest BCUT2D eigenvalue weighted by atomic mass is 14.0. The van der Waals surface area contributed by atoms with Crippen molar-refractivity contribution in [3.8, 4) is 0 Å². The van der Waals surface area contributed by atoms with Crippen molar-refractivity contribution in [2.75, 3.05) is 0 Å². The summed E-state index contributed by atoms with van der Waals surface area (Å²) in [5, 5.41) is 0. The maximum atomic E-state index is 4.01. The first-order valence-electron chi connectivity index (χ1n) is 5.00. The van der Waals surface area contributed by atoms with E-state index in [1.807, 2.05) is 0 Å². The highest BCUT2D eigenvalue weighted by molar-refractivity contribution is 5.25. The minimum absolute atomic E-state index is 1.03. The molecule has 0 atom stereocenters. The number of hydrogen-bond donors (Lipinski definition) is 0. The molecule has 1 aromatic carbocycles. The van der Waals surface area contributed by atoms with Crippen LogP contribution in [0.1, 0.15) is 31.4 Å². The van der Waals surface area contributed by atoms with Crippen molar-refractivity contribution in [1.82, 2.24) is 0 Å². The molecule has 0 nitrogen and oxygen atoms in total. The average Bonchev–Trinajstić information content (AvgIpc) is 2.19. The Labute approximate surface area is 81.3 Å². The second-order valence-corrected chi connectivity index (χ2v) is 3.45. The van der Waals surface area contributed by atoms with Crippen molar-refractivity contribution in [2.45, 2.75) is 33.1 Å². The van der Waals surface area contributed by atoms with E-state index < -0.39 is 0 Å². The molecule has 0 aromatic heterocycles. The summed E-state index contributed by atoms with van der Waals surface area (Å²) in [6, 6.07) is 8.83. The van der Waals surface area contributed by atoms with Crippen molar-refractivity contribution in [3.63, 3.8) is 0 Å². The number of rotatable bonds is 4. The van der Waals surface area contributed by atoms with Crippen LogP contribution in [-0.4, -0.2) is 0 Å². The lowest BCUT2D eigenvalue weighted by Crippen LogP contribution is -1.88.